The van der Waals surface area contributed by atoms with E-state index in [2.05, 4.69) is 4.98 Å². The van der Waals surface area contributed by atoms with Gasteiger partial charge in [-0.3, -0.25) is 9.78 Å². The number of pyridine rings is 1. The maximum atomic E-state index is 12.9. The van der Waals surface area contributed by atoms with Gasteiger partial charge in [0.2, 0.25) is 0 Å². The fraction of sp³-hybridized carbons (Fsp3) is 0.455. The minimum absolute atomic E-state index is 0.113. The van der Waals surface area contributed by atoms with Gasteiger partial charge in [0.15, 0.2) is 0 Å². The molecule has 0 saturated heterocycles. The van der Waals surface area contributed by atoms with E-state index < -0.39 is 12.4 Å². The summed E-state index contributed by atoms with van der Waals surface area (Å²) in [6.45, 7) is 1.91. The number of esters is 1. The van der Waals surface area contributed by atoms with Gasteiger partial charge in [-0.1, -0.05) is 0 Å². The highest BCUT2D eigenvalue weighted by atomic mass is 127. The lowest BCUT2D eigenvalue weighted by Gasteiger charge is -2.13. The van der Waals surface area contributed by atoms with Gasteiger partial charge in [0, 0.05) is 21.2 Å². The van der Waals surface area contributed by atoms with E-state index in [1.165, 1.54) is 6.20 Å². The molecule has 0 fully saturated rings. The number of ether oxygens (including phenoxy) is 1. The molecule has 1 aromatic rings. The number of hydrogen-bond donors (Lipinski definition) is 0. The Labute approximate surface area is 122 Å². The molecule has 0 radical (unpaired) electrons. The fourth-order valence-corrected chi connectivity index (χ4v) is 2.47. The smallest absolute Gasteiger partial charge is 0.311 e. The van der Waals surface area contributed by atoms with Gasteiger partial charge < -0.3 is 4.74 Å². The van der Waals surface area contributed by atoms with Gasteiger partial charge in [0.1, 0.15) is 0 Å². The van der Waals surface area contributed by atoms with Crippen molar-refractivity contribution in [2.45, 2.75) is 25.7 Å². The molecule has 1 heterocycles. The predicted octanol–water partition coefficient (Wildman–Crippen LogP) is 3.47. The number of rotatable bonds is 5. The normalized spacial score (nSPS) is 10.8. The molecule has 0 aliphatic carbocycles. The second kappa shape index (κ2) is 7.18. The second-order valence-electron chi connectivity index (χ2n) is 3.36. The monoisotopic (exact) mass is 389 g/mol. The minimum Gasteiger partial charge on any atom is -0.466 e. The highest BCUT2D eigenvalue weighted by molar-refractivity contribution is 14.1. The van der Waals surface area contributed by atoms with Gasteiger partial charge in [-0.2, -0.15) is 0 Å². The van der Waals surface area contributed by atoms with E-state index in [4.69, 9.17) is 16.3 Å². The zero-order valence-electron chi connectivity index (χ0n) is 9.55. The topological polar surface area (TPSA) is 39.2 Å². The number of nitrogens with zero attached hydrogens (tertiary/aromatic N) is 1. The van der Waals surface area contributed by atoms with Crippen LogP contribution in [0.3, 0.4) is 0 Å². The van der Waals surface area contributed by atoms with Crippen molar-refractivity contribution in [3.8, 4) is 0 Å². The lowest BCUT2D eigenvalue weighted by atomic mass is 10.1. The second-order valence-corrected chi connectivity index (χ2v) is 4.79. The van der Waals surface area contributed by atoms with Crippen molar-refractivity contribution in [1.29, 1.82) is 0 Å². The molecule has 0 aliphatic rings. The SMILES string of the molecule is CCOC(=O)Cc1ncc(I)c(C(F)F)c1CCl. The first-order chi connectivity index (χ1) is 8.51. The van der Waals surface area contributed by atoms with Crippen LogP contribution >= 0.6 is 34.2 Å². The Morgan fingerprint density at radius 1 is 1.61 bits per heavy atom. The molecule has 0 spiro atoms. The largest absolute Gasteiger partial charge is 0.466 e. The molecule has 7 heteroatoms. The Balaban J connectivity index is 3.13. The van der Waals surface area contributed by atoms with Gasteiger partial charge in [0.25, 0.3) is 6.43 Å². The third-order valence-electron chi connectivity index (χ3n) is 2.23. The molecular weight excluding hydrogens is 378 g/mol. The van der Waals surface area contributed by atoms with Gasteiger partial charge in [-0.25, -0.2) is 8.78 Å². The summed E-state index contributed by atoms with van der Waals surface area (Å²) in [4.78, 5) is 15.3. The van der Waals surface area contributed by atoms with Crippen molar-refractivity contribution in [3.63, 3.8) is 0 Å². The summed E-state index contributed by atoms with van der Waals surface area (Å²) in [5, 5.41) is 0. The van der Waals surface area contributed by atoms with Gasteiger partial charge in [-0.15, -0.1) is 11.6 Å². The summed E-state index contributed by atoms with van der Waals surface area (Å²) in [5.74, 6) is -0.615. The number of hydrogen-bond acceptors (Lipinski definition) is 3. The summed E-state index contributed by atoms with van der Waals surface area (Å²) in [6.07, 6.45) is -1.48. The maximum Gasteiger partial charge on any atom is 0.311 e. The Morgan fingerprint density at radius 2 is 2.28 bits per heavy atom. The van der Waals surface area contributed by atoms with E-state index in [0.717, 1.165) is 0 Å². The quantitative estimate of drug-likeness (QED) is 0.440. The first-order valence-corrected chi connectivity index (χ1v) is 6.78. The molecule has 3 nitrogen and oxygen atoms in total. The Hall–Kier alpha value is -0.500. The van der Waals surface area contributed by atoms with Crippen molar-refractivity contribution < 1.29 is 18.3 Å². The molecular formula is C11H11ClF2INO2. The van der Waals surface area contributed by atoms with E-state index in [0.29, 0.717) is 3.57 Å². The van der Waals surface area contributed by atoms with Crippen LogP contribution in [-0.2, 0) is 21.8 Å². The third-order valence-corrected chi connectivity index (χ3v) is 3.36. The lowest BCUT2D eigenvalue weighted by Crippen LogP contribution is -2.12. The first kappa shape index (κ1) is 15.6. The molecule has 0 unspecified atom stereocenters. The average molecular weight is 390 g/mol. The maximum absolute atomic E-state index is 12.9. The summed E-state index contributed by atoms with van der Waals surface area (Å²) >= 11 is 7.46. The van der Waals surface area contributed by atoms with Crippen molar-refractivity contribution >= 4 is 40.2 Å². The summed E-state index contributed by atoms with van der Waals surface area (Å²) in [6, 6.07) is 0. The Bertz CT molecular complexity index is 443. The predicted molar refractivity (Wildman–Crippen MR) is 71.8 cm³/mol. The van der Waals surface area contributed by atoms with Crippen molar-refractivity contribution in [3.05, 3.63) is 26.6 Å². The van der Waals surface area contributed by atoms with Crippen LogP contribution in [0.25, 0.3) is 0 Å². The standard InChI is InChI=1S/C11H11ClF2INO2/c1-2-18-9(17)3-8-6(4-12)10(11(13)14)7(15)5-16-8/h5,11H,2-4H2,1H3. The highest BCUT2D eigenvalue weighted by Gasteiger charge is 2.21. The van der Waals surface area contributed by atoms with Crippen molar-refractivity contribution in [2.75, 3.05) is 6.61 Å². The van der Waals surface area contributed by atoms with Crippen LogP contribution in [0, 0.1) is 3.57 Å². The van der Waals surface area contributed by atoms with Gasteiger partial charge in [0.05, 0.1) is 18.7 Å². The molecule has 0 amide bonds. The van der Waals surface area contributed by atoms with Crippen LogP contribution in [-0.4, -0.2) is 17.6 Å². The number of aromatic nitrogens is 1. The summed E-state index contributed by atoms with van der Waals surface area (Å²) in [5.41, 5.74) is 0.311. The number of carbonyl (C=O) groups excluding carboxylic acids is 1. The summed E-state index contributed by atoms with van der Waals surface area (Å²) in [7, 11) is 0. The third kappa shape index (κ3) is 3.74. The van der Waals surface area contributed by atoms with Crippen LogP contribution in [0.5, 0.6) is 0 Å². The highest BCUT2D eigenvalue weighted by Crippen LogP contribution is 2.30. The number of carbonyl (C=O) groups is 1. The Morgan fingerprint density at radius 3 is 2.78 bits per heavy atom. The Kier molecular flexibility index (Phi) is 6.20. The molecule has 0 aromatic carbocycles. The average Bonchev–Trinajstić information content (AvgIpc) is 2.30. The van der Waals surface area contributed by atoms with E-state index in [1.54, 1.807) is 29.5 Å². The first-order valence-electron chi connectivity index (χ1n) is 5.17. The number of halogens is 4. The van der Waals surface area contributed by atoms with Crippen LogP contribution in [0.2, 0.25) is 0 Å². The van der Waals surface area contributed by atoms with Crippen LogP contribution in [0.4, 0.5) is 8.78 Å². The molecule has 100 valence electrons. The summed E-state index contributed by atoms with van der Waals surface area (Å²) < 4.78 is 31.0. The molecule has 1 aromatic heterocycles. The van der Waals surface area contributed by atoms with Crippen molar-refractivity contribution in [2.24, 2.45) is 0 Å². The lowest BCUT2D eigenvalue weighted by molar-refractivity contribution is -0.142. The molecule has 0 atom stereocenters. The molecule has 0 aliphatic heterocycles. The fourth-order valence-electron chi connectivity index (χ4n) is 1.47. The van der Waals surface area contributed by atoms with Crippen molar-refractivity contribution in [1.82, 2.24) is 4.98 Å². The van der Waals surface area contributed by atoms with Crippen LogP contribution < -0.4 is 0 Å². The minimum atomic E-state index is -2.64. The van der Waals surface area contributed by atoms with Gasteiger partial charge in [-0.05, 0) is 35.1 Å². The van der Waals surface area contributed by atoms with E-state index in [1.807, 2.05) is 0 Å². The molecule has 1 rings (SSSR count). The molecule has 0 bridgehead atoms. The molecule has 0 N–H and O–H groups in total. The number of alkyl halides is 3. The van der Waals surface area contributed by atoms with Crippen LogP contribution in [0.1, 0.15) is 30.2 Å². The van der Waals surface area contributed by atoms with Crippen LogP contribution in [0.15, 0.2) is 6.20 Å². The van der Waals surface area contributed by atoms with E-state index >= 15 is 0 Å². The zero-order chi connectivity index (χ0) is 13.7. The van der Waals surface area contributed by atoms with E-state index in [9.17, 15) is 13.6 Å². The van der Waals surface area contributed by atoms with Gasteiger partial charge >= 0.3 is 5.97 Å². The van der Waals surface area contributed by atoms with E-state index in [-0.39, 0.29) is 35.7 Å². The molecule has 18 heavy (non-hydrogen) atoms. The zero-order valence-corrected chi connectivity index (χ0v) is 12.5. The molecule has 0 saturated carbocycles.